The first kappa shape index (κ1) is 13.1. The van der Waals surface area contributed by atoms with Crippen LogP contribution >= 0.6 is 0 Å². The van der Waals surface area contributed by atoms with Crippen molar-refractivity contribution in [2.24, 2.45) is 5.92 Å². The van der Waals surface area contributed by atoms with Crippen LogP contribution in [-0.2, 0) is 9.53 Å². The van der Waals surface area contributed by atoms with Crippen LogP contribution in [0.4, 0.5) is 0 Å². The first-order valence-electron chi connectivity index (χ1n) is 6.40. The fourth-order valence-electron chi connectivity index (χ4n) is 2.65. The van der Waals surface area contributed by atoms with E-state index >= 15 is 0 Å². The molecule has 98 valence electrons. The van der Waals surface area contributed by atoms with Crippen LogP contribution in [0.15, 0.2) is 35.5 Å². The van der Waals surface area contributed by atoms with E-state index in [-0.39, 0.29) is 18.0 Å². The van der Waals surface area contributed by atoms with Crippen molar-refractivity contribution < 1.29 is 14.6 Å². The van der Waals surface area contributed by atoms with Gasteiger partial charge in [0.25, 0.3) is 0 Å². The Kier molecular flexibility index (Phi) is 3.71. The van der Waals surface area contributed by atoms with Gasteiger partial charge in [-0.15, -0.1) is 0 Å². The maximum atomic E-state index is 11.6. The van der Waals surface area contributed by atoms with Crippen molar-refractivity contribution in [1.82, 2.24) is 0 Å². The smallest absolute Gasteiger partial charge is 0.334 e. The predicted octanol–water partition coefficient (Wildman–Crippen LogP) is 2.52. The molecule has 3 heteroatoms. The topological polar surface area (TPSA) is 46.5 Å². The summed E-state index contributed by atoms with van der Waals surface area (Å²) < 4.78 is 5.33. The molecule has 1 N–H and O–H groups in total. The highest BCUT2D eigenvalue weighted by molar-refractivity contribution is 5.91. The molecule has 0 aromatic rings. The lowest BCUT2D eigenvalue weighted by Crippen LogP contribution is -2.17. The van der Waals surface area contributed by atoms with Gasteiger partial charge in [0.1, 0.15) is 6.10 Å². The summed E-state index contributed by atoms with van der Waals surface area (Å²) in [6.45, 7) is 7.81. The third kappa shape index (κ3) is 2.72. The number of esters is 1. The van der Waals surface area contributed by atoms with Gasteiger partial charge in [-0.05, 0) is 39.2 Å². The minimum atomic E-state index is -0.446. The Hall–Kier alpha value is -1.35. The summed E-state index contributed by atoms with van der Waals surface area (Å²) in [7, 11) is 0. The van der Waals surface area contributed by atoms with E-state index in [4.69, 9.17) is 4.74 Å². The van der Waals surface area contributed by atoms with Crippen LogP contribution in [-0.4, -0.2) is 23.3 Å². The molecular weight excluding hydrogens is 228 g/mol. The molecule has 0 radical (unpaired) electrons. The lowest BCUT2D eigenvalue weighted by Gasteiger charge is -2.18. The van der Waals surface area contributed by atoms with E-state index in [1.54, 1.807) is 0 Å². The van der Waals surface area contributed by atoms with Crippen molar-refractivity contribution in [3.63, 3.8) is 0 Å². The van der Waals surface area contributed by atoms with Crippen LogP contribution < -0.4 is 0 Å². The zero-order valence-electron chi connectivity index (χ0n) is 11.0. The lowest BCUT2D eigenvalue weighted by molar-refractivity contribution is -0.137. The van der Waals surface area contributed by atoms with E-state index in [1.165, 1.54) is 0 Å². The number of fused-ring (bicyclic) bond motifs is 1. The molecule has 1 aliphatic heterocycles. The summed E-state index contributed by atoms with van der Waals surface area (Å²) in [6, 6.07) is 0. The minimum absolute atomic E-state index is 0.0750. The summed E-state index contributed by atoms with van der Waals surface area (Å²) in [5, 5.41) is 9.87. The van der Waals surface area contributed by atoms with E-state index in [1.807, 2.05) is 26.0 Å². The molecule has 3 nitrogen and oxygen atoms in total. The Labute approximate surface area is 108 Å². The maximum absolute atomic E-state index is 11.6. The van der Waals surface area contributed by atoms with Crippen molar-refractivity contribution in [2.75, 3.05) is 0 Å². The van der Waals surface area contributed by atoms with Crippen LogP contribution in [0, 0.1) is 5.92 Å². The van der Waals surface area contributed by atoms with Crippen LogP contribution in [0.3, 0.4) is 0 Å². The number of carbonyl (C=O) groups is 1. The molecule has 0 aromatic heterocycles. The number of allylic oxidation sites excluding steroid dienone is 1. The molecule has 0 amide bonds. The highest BCUT2D eigenvalue weighted by atomic mass is 16.5. The van der Waals surface area contributed by atoms with E-state index in [9.17, 15) is 9.90 Å². The predicted molar refractivity (Wildman–Crippen MR) is 69.9 cm³/mol. The first-order chi connectivity index (χ1) is 8.47. The largest absolute Gasteiger partial charge is 0.454 e. The quantitative estimate of drug-likeness (QED) is 0.407. The maximum Gasteiger partial charge on any atom is 0.334 e. The molecule has 0 unspecified atom stereocenters. The normalized spacial score (nSPS) is 39.2. The van der Waals surface area contributed by atoms with E-state index in [2.05, 4.69) is 6.58 Å². The van der Waals surface area contributed by atoms with Crippen molar-refractivity contribution in [3.8, 4) is 0 Å². The molecule has 2 rings (SSSR count). The van der Waals surface area contributed by atoms with E-state index in [0.29, 0.717) is 12.0 Å². The molecule has 0 bridgehead atoms. The lowest BCUT2D eigenvalue weighted by atomic mass is 9.88. The van der Waals surface area contributed by atoms with Crippen LogP contribution in [0.25, 0.3) is 0 Å². The second-order valence-corrected chi connectivity index (χ2v) is 5.34. The van der Waals surface area contributed by atoms with Crippen molar-refractivity contribution >= 4 is 5.97 Å². The average molecular weight is 248 g/mol. The second kappa shape index (κ2) is 5.11. The van der Waals surface area contributed by atoms with Crippen LogP contribution in [0.1, 0.15) is 33.1 Å². The van der Waals surface area contributed by atoms with E-state index in [0.717, 1.165) is 24.0 Å². The standard InChI is InChI=1S/C15H20O3/c1-9-4-5-13-11(3)15(17)18-14(13)8-10(2)7-12(16)6-9/h6,8,12-14,16H,3-5,7H2,1-2H3/b9-6+,10-8+/t12-,13-,14-/m0/s1. The van der Waals surface area contributed by atoms with E-state index < -0.39 is 6.10 Å². The molecule has 1 saturated heterocycles. The van der Waals surface area contributed by atoms with Crippen molar-refractivity contribution in [3.05, 3.63) is 35.5 Å². The van der Waals surface area contributed by atoms with Gasteiger partial charge in [-0.2, -0.15) is 0 Å². The second-order valence-electron chi connectivity index (χ2n) is 5.34. The summed E-state index contributed by atoms with van der Waals surface area (Å²) in [4.78, 5) is 11.6. The Morgan fingerprint density at radius 3 is 2.78 bits per heavy atom. The first-order valence-corrected chi connectivity index (χ1v) is 6.40. The van der Waals surface area contributed by atoms with Gasteiger partial charge in [-0.25, -0.2) is 4.79 Å². The molecule has 1 aliphatic carbocycles. The Bertz CT molecular complexity index is 431. The molecule has 1 heterocycles. The number of carbonyl (C=O) groups excluding carboxylic acids is 1. The molecule has 3 atom stereocenters. The summed E-state index contributed by atoms with van der Waals surface area (Å²) in [6.07, 6.45) is 5.50. The highest BCUT2D eigenvalue weighted by Crippen LogP contribution is 2.34. The van der Waals surface area contributed by atoms with Gasteiger partial charge in [0, 0.05) is 11.5 Å². The fourth-order valence-corrected chi connectivity index (χ4v) is 2.65. The molecule has 18 heavy (non-hydrogen) atoms. The molecule has 0 saturated carbocycles. The number of ether oxygens (including phenoxy) is 1. The fraction of sp³-hybridized carbons (Fsp3) is 0.533. The number of hydrogen-bond donors (Lipinski definition) is 1. The third-order valence-electron chi connectivity index (χ3n) is 3.66. The van der Waals surface area contributed by atoms with Gasteiger partial charge in [0.05, 0.1) is 6.10 Å². The van der Waals surface area contributed by atoms with Gasteiger partial charge < -0.3 is 9.84 Å². The number of aliphatic hydroxyl groups excluding tert-OH is 1. The average Bonchev–Trinajstić information content (AvgIpc) is 2.51. The SMILES string of the molecule is C=C1C(=O)O[C@H]2/C=C(\C)C[C@@H](O)/C=C(\C)CC[C@@H]12. The number of rotatable bonds is 0. The summed E-state index contributed by atoms with van der Waals surface area (Å²) >= 11 is 0. The highest BCUT2D eigenvalue weighted by Gasteiger charge is 2.37. The summed E-state index contributed by atoms with van der Waals surface area (Å²) in [5.41, 5.74) is 2.78. The van der Waals surface area contributed by atoms with Crippen LogP contribution in [0.2, 0.25) is 0 Å². The minimum Gasteiger partial charge on any atom is -0.454 e. The Morgan fingerprint density at radius 1 is 1.33 bits per heavy atom. The number of hydrogen-bond acceptors (Lipinski definition) is 3. The van der Waals surface area contributed by atoms with Gasteiger partial charge in [0.2, 0.25) is 0 Å². The molecule has 2 aliphatic rings. The molecule has 0 spiro atoms. The Morgan fingerprint density at radius 2 is 2.06 bits per heavy atom. The monoisotopic (exact) mass is 248 g/mol. The molecular formula is C15H20O3. The number of aliphatic hydroxyl groups is 1. The summed E-state index contributed by atoms with van der Waals surface area (Å²) in [5.74, 6) is -0.207. The molecule has 1 fully saturated rings. The van der Waals surface area contributed by atoms with Gasteiger partial charge >= 0.3 is 5.97 Å². The Balaban J connectivity index is 2.27. The van der Waals surface area contributed by atoms with Gasteiger partial charge in [-0.1, -0.05) is 23.8 Å². The zero-order chi connectivity index (χ0) is 13.3. The zero-order valence-corrected chi connectivity index (χ0v) is 11.0. The van der Waals surface area contributed by atoms with Gasteiger partial charge in [0.15, 0.2) is 0 Å². The van der Waals surface area contributed by atoms with Gasteiger partial charge in [-0.3, -0.25) is 0 Å². The van der Waals surface area contributed by atoms with Crippen LogP contribution in [0.5, 0.6) is 0 Å². The third-order valence-corrected chi connectivity index (χ3v) is 3.66. The van der Waals surface area contributed by atoms with Crippen molar-refractivity contribution in [2.45, 2.75) is 45.3 Å². The molecule has 0 aromatic carbocycles. The van der Waals surface area contributed by atoms with Crippen molar-refractivity contribution in [1.29, 1.82) is 0 Å².